The first-order valence-electron chi connectivity index (χ1n) is 3.97. The Hall–Kier alpha value is -0.0531. The van der Waals surface area contributed by atoms with Gasteiger partial charge in [-0.15, -0.1) is 0 Å². The van der Waals surface area contributed by atoms with Crippen molar-refractivity contribution >= 4 is 36.5 Å². The van der Waals surface area contributed by atoms with E-state index in [2.05, 4.69) is 0 Å². The van der Waals surface area contributed by atoms with E-state index >= 15 is 0 Å². The maximum Gasteiger partial charge on any atom is 0.125 e. The van der Waals surface area contributed by atoms with Crippen LogP contribution >= 0.6 is 23.2 Å². The standard InChI is InChI=1S/C9H11Cl2FSi/c1-13(2,3)9-7(11)4-6(10)5-8(9)12/h4-5H,1-3H3. The summed E-state index contributed by atoms with van der Waals surface area (Å²) in [6.45, 7) is 6.14. The molecule has 0 nitrogen and oxygen atoms in total. The third-order valence-corrected chi connectivity index (χ3v) is 4.44. The normalized spacial score (nSPS) is 11.8. The summed E-state index contributed by atoms with van der Waals surface area (Å²) in [5, 5.41) is 1.45. The molecule has 0 unspecified atom stereocenters. The van der Waals surface area contributed by atoms with E-state index in [0.717, 1.165) is 0 Å². The maximum atomic E-state index is 13.5. The van der Waals surface area contributed by atoms with Crippen LogP contribution in [0.4, 0.5) is 4.39 Å². The van der Waals surface area contributed by atoms with Crippen molar-refractivity contribution in [1.82, 2.24) is 0 Å². The molecule has 1 aromatic carbocycles. The van der Waals surface area contributed by atoms with Crippen molar-refractivity contribution in [3.8, 4) is 0 Å². The minimum absolute atomic E-state index is 0.281. The van der Waals surface area contributed by atoms with Gasteiger partial charge in [0.05, 0.1) is 8.07 Å². The number of hydrogen-bond donors (Lipinski definition) is 0. The lowest BCUT2D eigenvalue weighted by Gasteiger charge is -2.19. The van der Waals surface area contributed by atoms with Crippen LogP contribution in [0.15, 0.2) is 12.1 Å². The first kappa shape index (κ1) is 11.0. The Balaban J connectivity index is 3.38. The van der Waals surface area contributed by atoms with Gasteiger partial charge in [-0.25, -0.2) is 4.39 Å². The molecule has 72 valence electrons. The van der Waals surface area contributed by atoms with Crippen molar-refractivity contribution in [2.75, 3.05) is 0 Å². The molecule has 1 aromatic rings. The number of hydrogen-bond acceptors (Lipinski definition) is 0. The molecule has 0 spiro atoms. The molecule has 0 aliphatic heterocycles. The largest absolute Gasteiger partial charge is 0.207 e. The van der Waals surface area contributed by atoms with Gasteiger partial charge in [0, 0.05) is 10.0 Å². The van der Waals surface area contributed by atoms with Crippen LogP contribution in [-0.4, -0.2) is 8.07 Å². The molecule has 0 radical (unpaired) electrons. The highest BCUT2D eigenvalue weighted by atomic mass is 35.5. The molecule has 0 fully saturated rings. The van der Waals surface area contributed by atoms with Gasteiger partial charge in [-0.2, -0.15) is 0 Å². The summed E-state index contributed by atoms with van der Waals surface area (Å²) >= 11 is 11.6. The molecule has 0 aliphatic rings. The summed E-state index contributed by atoms with van der Waals surface area (Å²) in [5.41, 5.74) is 0. The number of benzene rings is 1. The van der Waals surface area contributed by atoms with Gasteiger partial charge < -0.3 is 0 Å². The summed E-state index contributed by atoms with van der Waals surface area (Å²) in [6, 6.07) is 2.92. The van der Waals surface area contributed by atoms with Gasteiger partial charge in [0.2, 0.25) is 0 Å². The molecule has 0 saturated heterocycles. The van der Waals surface area contributed by atoms with Crippen LogP contribution in [0.1, 0.15) is 0 Å². The van der Waals surface area contributed by atoms with E-state index in [4.69, 9.17) is 23.2 Å². The molecule has 4 heteroatoms. The quantitative estimate of drug-likeness (QED) is 0.653. The fraction of sp³-hybridized carbons (Fsp3) is 0.333. The van der Waals surface area contributed by atoms with Gasteiger partial charge in [0.25, 0.3) is 0 Å². The zero-order chi connectivity index (χ0) is 10.2. The van der Waals surface area contributed by atoms with Gasteiger partial charge in [0.15, 0.2) is 0 Å². The minimum atomic E-state index is -1.71. The maximum absolute atomic E-state index is 13.5. The van der Waals surface area contributed by atoms with Crippen molar-refractivity contribution in [3.05, 3.63) is 28.0 Å². The van der Waals surface area contributed by atoms with E-state index in [1.807, 2.05) is 19.6 Å². The van der Waals surface area contributed by atoms with Crippen LogP contribution in [0.5, 0.6) is 0 Å². The Morgan fingerprint density at radius 2 is 1.69 bits per heavy atom. The second-order valence-corrected chi connectivity index (χ2v) is 9.84. The fourth-order valence-corrected chi connectivity index (χ4v) is 4.15. The average Bonchev–Trinajstić information content (AvgIpc) is 1.78. The van der Waals surface area contributed by atoms with E-state index < -0.39 is 8.07 Å². The monoisotopic (exact) mass is 236 g/mol. The van der Waals surface area contributed by atoms with E-state index in [1.165, 1.54) is 6.07 Å². The molecular formula is C9H11Cl2FSi. The van der Waals surface area contributed by atoms with Gasteiger partial charge in [-0.3, -0.25) is 0 Å². The van der Waals surface area contributed by atoms with Crippen LogP contribution in [-0.2, 0) is 0 Å². The lowest BCUT2D eigenvalue weighted by atomic mass is 10.3. The summed E-state index contributed by atoms with van der Waals surface area (Å²) in [4.78, 5) is 0. The molecule has 0 heterocycles. The predicted octanol–water partition coefficient (Wildman–Crippen LogP) is 3.68. The first-order valence-corrected chi connectivity index (χ1v) is 8.23. The van der Waals surface area contributed by atoms with Crippen molar-refractivity contribution < 1.29 is 4.39 Å². The van der Waals surface area contributed by atoms with Crippen LogP contribution in [0.2, 0.25) is 29.7 Å². The molecule has 0 saturated carbocycles. The third kappa shape index (κ3) is 2.45. The molecule has 13 heavy (non-hydrogen) atoms. The SMILES string of the molecule is C[Si](C)(C)c1c(F)cc(Cl)cc1Cl. The lowest BCUT2D eigenvalue weighted by Crippen LogP contribution is -2.40. The highest BCUT2D eigenvalue weighted by Gasteiger charge is 2.24. The van der Waals surface area contributed by atoms with Crippen molar-refractivity contribution in [1.29, 1.82) is 0 Å². The Labute approximate surface area is 88.7 Å². The molecule has 0 bridgehead atoms. The smallest absolute Gasteiger partial charge is 0.125 e. The van der Waals surface area contributed by atoms with Crippen molar-refractivity contribution in [2.24, 2.45) is 0 Å². The molecule has 0 aromatic heterocycles. The van der Waals surface area contributed by atoms with Crippen LogP contribution in [0.25, 0.3) is 0 Å². The van der Waals surface area contributed by atoms with Crippen molar-refractivity contribution in [2.45, 2.75) is 19.6 Å². The predicted molar refractivity (Wildman–Crippen MR) is 59.4 cm³/mol. The Morgan fingerprint density at radius 3 is 2.08 bits per heavy atom. The fourth-order valence-electron chi connectivity index (χ4n) is 1.26. The Bertz CT molecular complexity index is 308. The average molecular weight is 237 g/mol. The third-order valence-electron chi connectivity index (χ3n) is 1.76. The first-order chi connectivity index (χ1) is 5.82. The van der Waals surface area contributed by atoms with Crippen LogP contribution in [0.3, 0.4) is 0 Å². The van der Waals surface area contributed by atoms with Gasteiger partial charge in [-0.1, -0.05) is 42.8 Å². The van der Waals surface area contributed by atoms with Gasteiger partial charge >= 0.3 is 0 Å². The molecular weight excluding hydrogens is 226 g/mol. The molecule has 0 aliphatic carbocycles. The van der Waals surface area contributed by atoms with E-state index in [9.17, 15) is 4.39 Å². The molecule has 0 atom stereocenters. The summed E-state index contributed by atoms with van der Waals surface area (Å²) in [7, 11) is -1.71. The minimum Gasteiger partial charge on any atom is -0.207 e. The van der Waals surface area contributed by atoms with E-state index in [-0.39, 0.29) is 5.82 Å². The Morgan fingerprint density at radius 1 is 1.15 bits per heavy atom. The lowest BCUT2D eigenvalue weighted by molar-refractivity contribution is 0.635. The van der Waals surface area contributed by atoms with Crippen LogP contribution in [0, 0.1) is 5.82 Å². The second kappa shape index (κ2) is 3.60. The van der Waals surface area contributed by atoms with Crippen molar-refractivity contribution in [3.63, 3.8) is 0 Å². The molecule has 1 rings (SSSR count). The summed E-state index contributed by atoms with van der Waals surface area (Å²) < 4.78 is 13.5. The Kier molecular flexibility index (Phi) is 3.05. The zero-order valence-electron chi connectivity index (χ0n) is 7.79. The highest BCUT2D eigenvalue weighted by molar-refractivity contribution is 6.90. The summed E-state index contributed by atoms with van der Waals surface area (Å²) in [5.74, 6) is -0.281. The number of rotatable bonds is 1. The molecule has 0 N–H and O–H groups in total. The molecule has 0 amide bonds. The van der Waals surface area contributed by atoms with Gasteiger partial charge in [0.1, 0.15) is 5.82 Å². The zero-order valence-corrected chi connectivity index (χ0v) is 10.3. The number of halogens is 3. The van der Waals surface area contributed by atoms with E-state index in [1.54, 1.807) is 6.07 Å². The van der Waals surface area contributed by atoms with Gasteiger partial charge in [-0.05, 0) is 17.3 Å². The van der Waals surface area contributed by atoms with E-state index in [0.29, 0.717) is 15.2 Å². The highest BCUT2D eigenvalue weighted by Crippen LogP contribution is 2.20. The summed E-state index contributed by atoms with van der Waals surface area (Å²) in [6.07, 6.45) is 0. The topological polar surface area (TPSA) is 0 Å². The second-order valence-electron chi connectivity index (χ2n) is 3.99. The van der Waals surface area contributed by atoms with Crippen LogP contribution < -0.4 is 5.19 Å².